The number of carbonyl (C=O) groups excluding carboxylic acids is 1. The summed E-state index contributed by atoms with van der Waals surface area (Å²) >= 11 is 0. The van der Waals surface area contributed by atoms with Crippen LogP contribution in [0.4, 0.5) is 4.39 Å². The third kappa shape index (κ3) is 5.91. The maximum Gasteiger partial charge on any atom is 0.169 e. The highest BCUT2D eigenvalue weighted by atomic mass is 19.1. The van der Waals surface area contributed by atoms with E-state index in [4.69, 9.17) is 9.15 Å². The van der Waals surface area contributed by atoms with E-state index in [0.29, 0.717) is 29.1 Å². The Bertz CT molecular complexity index is 934. The monoisotopic (exact) mass is 469 g/mol. The summed E-state index contributed by atoms with van der Waals surface area (Å²) in [6, 6.07) is 5.43. The van der Waals surface area contributed by atoms with Crippen LogP contribution in [0.15, 0.2) is 28.9 Å². The molecule has 0 N–H and O–H groups in total. The third-order valence-electron chi connectivity index (χ3n) is 8.82. The largest absolute Gasteiger partial charge is 0.461 e. The Morgan fingerprint density at radius 1 is 0.882 bits per heavy atom. The van der Waals surface area contributed by atoms with Crippen LogP contribution >= 0.6 is 0 Å². The highest BCUT2D eigenvalue weighted by Crippen LogP contribution is 2.36. The lowest BCUT2D eigenvalue weighted by atomic mass is 9.77. The molecule has 1 aromatic heterocycles. The maximum absolute atomic E-state index is 14.0. The first-order chi connectivity index (χ1) is 16.7. The number of hydrogen-bond donors (Lipinski definition) is 0. The molecule has 1 saturated carbocycles. The van der Waals surface area contributed by atoms with Crippen LogP contribution < -0.4 is 0 Å². The molecule has 1 aliphatic carbocycles. The Kier molecular flexibility index (Phi) is 8.01. The quantitative estimate of drug-likeness (QED) is 0.430. The highest BCUT2D eigenvalue weighted by Gasteiger charge is 2.27. The zero-order chi connectivity index (χ0) is 23.3. The SMILES string of the molecule is O=C(CC1CCOCC1)CC1CCC(CCN2CCC(c3ccc(F)c4occc34)CC2)CC1. The number of benzene rings is 1. The van der Waals surface area contributed by atoms with Gasteiger partial charge in [0.05, 0.1) is 6.26 Å². The molecular weight excluding hydrogens is 429 g/mol. The summed E-state index contributed by atoms with van der Waals surface area (Å²) in [5.74, 6) is 2.73. The fourth-order valence-corrected chi connectivity index (χ4v) is 6.64. The van der Waals surface area contributed by atoms with Gasteiger partial charge in [-0.1, -0.05) is 18.9 Å². The Morgan fingerprint density at radius 2 is 1.56 bits per heavy atom. The van der Waals surface area contributed by atoms with Gasteiger partial charge in [-0.2, -0.15) is 0 Å². The van der Waals surface area contributed by atoms with Gasteiger partial charge in [0, 0.05) is 31.4 Å². The number of nitrogens with zero attached hydrogens (tertiary/aromatic N) is 1. The molecule has 2 aliphatic heterocycles. The first-order valence-electron chi connectivity index (χ1n) is 13.6. The topological polar surface area (TPSA) is 42.7 Å². The lowest BCUT2D eigenvalue weighted by Gasteiger charge is -2.34. The first kappa shape index (κ1) is 24.0. The van der Waals surface area contributed by atoms with Gasteiger partial charge in [-0.15, -0.1) is 0 Å². The van der Waals surface area contributed by atoms with Crippen molar-refractivity contribution in [3.05, 3.63) is 35.8 Å². The van der Waals surface area contributed by atoms with Gasteiger partial charge < -0.3 is 14.1 Å². The molecule has 5 heteroatoms. The predicted molar refractivity (Wildman–Crippen MR) is 132 cm³/mol. The molecule has 0 atom stereocenters. The Hall–Kier alpha value is -1.72. The van der Waals surface area contributed by atoms with E-state index in [1.165, 1.54) is 44.2 Å². The molecule has 0 bridgehead atoms. The number of ether oxygens (including phenoxy) is 1. The molecule has 2 saturated heterocycles. The van der Waals surface area contributed by atoms with E-state index in [0.717, 1.165) is 76.1 Å². The van der Waals surface area contributed by atoms with Crippen LogP contribution in [0.2, 0.25) is 0 Å². The van der Waals surface area contributed by atoms with E-state index in [2.05, 4.69) is 4.90 Å². The van der Waals surface area contributed by atoms with Crippen molar-refractivity contribution in [3.63, 3.8) is 0 Å². The number of Topliss-reactive ketones (excluding diaryl/α,β-unsaturated/α-hetero) is 1. The van der Waals surface area contributed by atoms with Gasteiger partial charge in [0.2, 0.25) is 0 Å². The number of furan rings is 1. The van der Waals surface area contributed by atoms with Crippen LogP contribution in [0.3, 0.4) is 0 Å². The number of hydrogen-bond acceptors (Lipinski definition) is 4. The van der Waals surface area contributed by atoms with Gasteiger partial charge in [0.15, 0.2) is 11.4 Å². The molecule has 0 spiro atoms. The van der Waals surface area contributed by atoms with Gasteiger partial charge in [0.25, 0.3) is 0 Å². The lowest BCUT2D eigenvalue weighted by molar-refractivity contribution is -0.121. The summed E-state index contributed by atoms with van der Waals surface area (Å²) in [6.07, 6.45) is 13.9. The molecule has 0 unspecified atom stereocenters. The van der Waals surface area contributed by atoms with Gasteiger partial charge in [0.1, 0.15) is 5.78 Å². The Labute approximate surface area is 203 Å². The lowest BCUT2D eigenvalue weighted by Crippen LogP contribution is -2.34. The maximum atomic E-state index is 14.0. The van der Waals surface area contributed by atoms with E-state index in [1.54, 1.807) is 12.3 Å². The van der Waals surface area contributed by atoms with E-state index < -0.39 is 0 Å². The fourth-order valence-electron chi connectivity index (χ4n) is 6.64. The summed E-state index contributed by atoms with van der Waals surface area (Å²) in [5, 5.41) is 0.946. The summed E-state index contributed by atoms with van der Waals surface area (Å²) in [6.45, 7) is 5.10. The Balaban J connectivity index is 0.999. The van der Waals surface area contributed by atoms with Crippen LogP contribution in [0.5, 0.6) is 0 Å². The second-order valence-electron chi connectivity index (χ2n) is 11.1. The third-order valence-corrected chi connectivity index (χ3v) is 8.82. The van der Waals surface area contributed by atoms with Crippen molar-refractivity contribution in [1.82, 2.24) is 4.90 Å². The van der Waals surface area contributed by atoms with Crippen molar-refractivity contribution in [2.45, 2.75) is 76.5 Å². The summed E-state index contributed by atoms with van der Waals surface area (Å²) in [5.41, 5.74) is 1.65. The van der Waals surface area contributed by atoms with Crippen LogP contribution in [0.25, 0.3) is 11.0 Å². The normalized spacial score (nSPS) is 25.7. The summed E-state index contributed by atoms with van der Waals surface area (Å²) < 4.78 is 24.7. The van der Waals surface area contributed by atoms with Gasteiger partial charge in [-0.25, -0.2) is 4.39 Å². The minimum atomic E-state index is -0.264. The predicted octanol–water partition coefficient (Wildman–Crippen LogP) is 6.72. The van der Waals surface area contributed by atoms with Gasteiger partial charge in [-0.05, 0) is 106 Å². The molecule has 4 nitrogen and oxygen atoms in total. The minimum absolute atomic E-state index is 0.264. The van der Waals surface area contributed by atoms with Crippen LogP contribution in [0.1, 0.15) is 82.1 Å². The standard InChI is InChI=1S/C29H40FNO3/c30-28-6-5-26(27-12-18-34-29(27)28)24-8-14-31(15-9-24)13-7-21-1-3-22(4-2-21)19-25(32)20-23-10-16-33-17-11-23/h5-6,12,18,21-24H,1-4,7-11,13-17,19-20H2. The van der Waals surface area contributed by atoms with Crippen LogP contribution in [-0.4, -0.2) is 43.5 Å². The van der Waals surface area contributed by atoms with E-state index >= 15 is 0 Å². The number of likely N-dealkylation sites (tertiary alicyclic amines) is 1. The van der Waals surface area contributed by atoms with Crippen molar-refractivity contribution >= 4 is 16.8 Å². The van der Waals surface area contributed by atoms with Gasteiger partial charge in [-0.3, -0.25) is 4.79 Å². The number of piperidine rings is 1. The average Bonchev–Trinajstić information content (AvgIpc) is 3.36. The van der Waals surface area contributed by atoms with E-state index in [9.17, 15) is 9.18 Å². The summed E-state index contributed by atoms with van der Waals surface area (Å²) in [7, 11) is 0. The molecular formula is C29H40FNO3. The average molecular weight is 470 g/mol. The highest BCUT2D eigenvalue weighted by molar-refractivity contribution is 5.82. The molecule has 5 rings (SSSR count). The van der Waals surface area contributed by atoms with Crippen molar-refractivity contribution in [3.8, 4) is 0 Å². The molecule has 1 aromatic carbocycles. The van der Waals surface area contributed by atoms with Crippen LogP contribution in [-0.2, 0) is 9.53 Å². The fraction of sp³-hybridized carbons (Fsp3) is 0.690. The zero-order valence-electron chi connectivity index (χ0n) is 20.5. The number of ketones is 1. The summed E-state index contributed by atoms with van der Waals surface area (Å²) in [4.78, 5) is 15.1. The van der Waals surface area contributed by atoms with Crippen molar-refractivity contribution in [2.75, 3.05) is 32.8 Å². The molecule has 0 amide bonds. The number of fused-ring (bicyclic) bond motifs is 1. The Morgan fingerprint density at radius 3 is 2.29 bits per heavy atom. The van der Waals surface area contributed by atoms with Crippen molar-refractivity contribution in [1.29, 1.82) is 0 Å². The molecule has 0 radical (unpaired) electrons. The van der Waals surface area contributed by atoms with Crippen molar-refractivity contribution < 1.29 is 18.3 Å². The van der Waals surface area contributed by atoms with Gasteiger partial charge >= 0.3 is 0 Å². The minimum Gasteiger partial charge on any atom is -0.461 e. The number of halogens is 1. The first-order valence-corrected chi connectivity index (χ1v) is 13.6. The second-order valence-corrected chi connectivity index (χ2v) is 11.1. The molecule has 3 aliphatic rings. The van der Waals surface area contributed by atoms with E-state index in [-0.39, 0.29) is 5.82 Å². The molecule has 186 valence electrons. The molecule has 3 heterocycles. The zero-order valence-corrected chi connectivity index (χ0v) is 20.5. The number of rotatable bonds is 8. The smallest absolute Gasteiger partial charge is 0.169 e. The van der Waals surface area contributed by atoms with E-state index in [1.807, 2.05) is 12.1 Å². The second kappa shape index (κ2) is 11.3. The molecule has 3 fully saturated rings. The molecule has 34 heavy (non-hydrogen) atoms. The molecule has 2 aromatic rings. The number of carbonyl (C=O) groups is 1. The van der Waals surface area contributed by atoms with Crippen molar-refractivity contribution in [2.24, 2.45) is 17.8 Å². The van der Waals surface area contributed by atoms with Crippen LogP contribution in [0, 0.1) is 23.6 Å².